The van der Waals surface area contributed by atoms with Gasteiger partial charge in [0.25, 0.3) is 0 Å². The fraction of sp³-hybridized carbons (Fsp3) is 0.800. The van der Waals surface area contributed by atoms with E-state index in [1.807, 2.05) is 0 Å². The summed E-state index contributed by atoms with van der Waals surface area (Å²) in [7, 11) is 0. The van der Waals surface area contributed by atoms with Gasteiger partial charge in [-0.15, -0.1) is 0 Å². The highest BCUT2D eigenvalue weighted by Crippen LogP contribution is 2.20. The molecule has 0 amide bonds. The maximum Gasteiger partial charge on any atom is 0.321 e. The van der Waals surface area contributed by atoms with Crippen LogP contribution in [0.5, 0.6) is 0 Å². The highest BCUT2D eigenvalue weighted by Gasteiger charge is 2.31. The first-order valence-corrected chi connectivity index (χ1v) is 4.66. The van der Waals surface area contributed by atoms with Gasteiger partial charge in [-0.3, -0.25) is 4.79 Å². The van der Waals surface area contributed by atoms with E-state index in [-0.39, 0.29) is 0 Å². The molecule has 0 saturated carbocycles. The molecule has 0 spiro atoms. The predicted molar refractivity (Wildman–Crippen MR) is 51.9 cm³/mol. The molecule has 0 saturated heterocycles. The number of hydrogen-bond donors (Lipinski definition) is 3. The second kappa shape index (κ2) is 3.77. The third-order valence-electron chi connectivity index (χ3n) is 1.21. The molecule has 1 unspecified atom stereocenters. The summed E-state index contributed by atoms with van der Waals surface area (Å²) in [6.07, 6.45) is 0. The fourth-order valence-electron chi connectivity index (χ4n) is 0.349. The average Bonchev–Trinajstić information content (AvgIpc) is 1.86. The molecule has 0 radical (unpaired) electrons. The maximum absolute atomic E-state index is 10.3. The molecule has 0 aromatic rings. The van der Waals surface area contributed by atoms with Crippen LogP contribution < -0.4 is 5.73 Å². The van der Waals surface area contributed by atoms with E-state index in [1.165, 1.54) is 0 Å². The predicted octanol–water partition coefficient (Wildman–Crippen LogP) is 0.522. The van der Waals surface area contributed by atoms with E-state index >= 15 is 0 Å². The first kappa shape index (κ1) is 10.5. The van der Waals surface area contributed by atoms with Crippen molar-refractivity contribution in [3.8, 4) is 0 Å². The van der Waals surface area contributed by atoms with Gasteiger partial charge in [-0.25, -0.2) is 0 Å². The Labute approximate surface area is 78.9 Å². The van der Waals surface area contributed by atoms with E-state index in [2.05, 4.69) is 35.2 Å². The smallest absolute Gasteiger partial charge is 0.321 e. The Bertz CT molecular complexity index is 140. The summed E-state index contributed by atoms with van der Waals surface area (Å²) in [6, 6.07) is -0.896. The second-order valence-electron chi connectivity index (χ2n) is 2.31. The van der Waals surface area contributed by atoms with Crippen molar-refractivity contribution in [1.29, 1.82) is 0 Å². The SMILES string of the molecule is CC(S)(CI)[C@@H](N)C(=O)O. The zero-order valence-corrected chi connectivity index (χ0v) is 8.59. The van der Waals surface area contributed by atoms with E-state index in [9.17, 15) is 4.79 Å². The van der Waals surface area contributed by atoms with Crippen LogP contribution in [0.15, 0.2) is 0 Å². The van der Waals surface area contributed by atoms with E-state index in [0.717, 1.165) is 0 Å². The molecule has 3 N–H and O–H groups in total. The van der Waals surface area contributed by atoms with Gasteiger partial charge in [0.1, 0.15) is 6.04 Å². The molecule has 0 aromatic carbocycles. The minimum Gasteiger partial charge on any atom is -0.480 e. The summed E-state index contributed by atoms with van der Waals surface area (Å²) in [5, 5.41) is 8.47. The van der Waals surface area contributed by atoms with Crippen LogP contribution in [0.1, 0.15) is 6.92 Å². The first-order valence-electron chi connectivity index (χ1n) is 2.68. The maximum atomic E-state index is 10.3. The van der Waals surface area contributed by atoms with Gasteiger partial charge in [0, 0.05) is 9.17 Å². The summed E-state index contributed by atoms with van der Waals surface area (Å²) in [6.45, 7) is 1.71. The lowest BCUT2D eigenvalue weighted by Crippen LogP contribution is -2.48. The summed E-state index contributed by atoms with van der Waals surface area (Å²) >= 11 is 6.17. The van der Waals surface area contributed by atoms with E-state index in [4.69, 9.17) is 10.8 Å². The topological polar surface area (TPSA) is 63.3 Å². The van der Waals surface area contributed by atoms with Crippen molar-refractivity contribution in [2.24, 2.45) is 5.73 Å². The summed E-state index contributed by atoms with van der Waals surface area (Å²) in [5.74, 6) is -1.01. The van der Waals surface area contributed by atoms with Crippen molar-refractivity contribution < 1.29 is 9.90 Å². The van der Waals surface area contributed by atoms with Crippen LogP contribution in [-0.2, 0) is 4.79 Å². The highest BCUT2D eigenvalue weighted by atomic mass is 127. The van der Waals surface area contributed by atoms with Gasteiger partial charge in [0.15, 0.2) is 0 Å². The number of carboxylic acids is 1. The Hall–Kier alpha value is 0.510. The number of thiol groups is 1. The average molecular weight is 275 g/mol. The number of aliphatic carboxylic acids is 1. The van der Waals surface area contributed by atoms with E-state index in [1.54, 1.807) is 6.92 Å². The van der Waals surface area contributed by atoms with Crippen molar-refractivity contribution in [2.45, 2.75) is 17.7 Å². The van der Waals surface area contributed by atoms with Crippen molar-refractivity contribution in [3.63, 3.8) is 0 Å². The molecular weight excluding hydrogens is 265 g/mol. The van der Waals surface area contributed by atoms with Crippen LogP contribution in [0.3, 0.4) is 0 Å². The second-order valence-corrected chi connectivity index (χ2v) is 4.09. The van der Waals surface area contributed by atoms with Crippen molar-refractivity contribution in [3.05, 3.63) is 0 Å². The van der Waals surface area contributed by atoms with Crippen molar-refractivity contribution >= 4 is 41.2 Å². The number of halogens is 1. The number of alkyl halides is 1. The minimum atomic E-state index is -1.01. The Balaban J connectivity index is 4.17. The number of nitrogens with two attached hydrogens (primary N) is 1. The molecule has 3 nitrogen and oxygen atoms in total. The molecule has 0 aliphatic carbocycles. The van der Waals surface area contributed by atoms with Crippen LogP contribution >= 0.6 is 35.2 Å². The minimum absolute atomic E-state index is 0.612. The molecule has 0 aromatic heterocycles. The van der Waals surface area contributed by atoms with E-state index < -0.39 is 16.8 Å². The number of carboxylic acid groups (broad SMARTS) is 1. The standard InChI is InChI=1S/C5H10INO2S/c1-5(10,2-6)3(7)4(8)9/h3,10H,2,7H2,1H3,(H,8,9)/t3-,5?/m0/s1. The van der Waals surface area contributed by atoms with Crippen LogP contribution in [0.25, 0.3) is 0 Å². The third kappa shape index (κ3) is 2.63. The van der Waals surface area contributed by atoms with Gasteiger partial charge >= 0.3 is 5.97 Å². The number of rotatable bonds is 3. The van der Waals surface area contributed by atoms with Gasteiger partial charge in [-0.05, 0) is 6.92 Å². The Kier molecular flexibility index (Phi) is 3.97. The quantitative estimate of drug-likeness (QED) is 0.400. The van der Waals surface area contributed by atoms with Crippen LogP contribution in [-0.4, -0.2) is 26.3 Å². The van der Waals surface area contributed by atoms with Crippen LogP contribution in [0.2, 0.25) is 0 Å². The molecule has 60 valence electrons. The summed E-state index contributed by atoms with van der Waals surface area (Å²) in [4.78, 5) is 10.3. The van der Waals surface area contributed by atoms with Crippen LogP contribution in [0, 0.1) is 0 Å². The Morgan fingerprint density at radius 1 is 2.00 bits per heavy atom. The Morgan fingerprint density at radius 3 is 2.50 bits per heavy atom. The number of hydrogen-bond acceptors (Lipinski definition) is 3. The van der Waals surface area contributed by atoms with Crippen molar-refractivity contribution in [2.75, 3.05) is 4.43 Å². The molecule has 0 aliphatic rings. The number of carbonyl (C=O) groups is 1. The third-order valence-corrected chi connectivity index (χ3v) is 3.83. The van der Waals surface area contributed by atoms with Gasteiger partial charge in [0.2, 0.25) is 0 Å². The van der Waals surface area contributed by atoms with Gasteiger partial charge in [-0.2, -0.15) is 12.6 Å². The lowest BCUT2D eigenvalue weighted by Gasteiger charge is -2.24. The molecule has 0 bridgehead atoms. The zero-order chi connectivity index (χ0) is 8.36. The monoisotopic (exact) mass is 275 g/mol. The molecule has 0 heterocycles. The molecule has 0 fully saturated rings. The fourth-order valence-corrected chi connectivity index (χ4v) is 0.934. The Morgan fingerprint density at radius 2 is 2.40 bits per heavy atom. The largest absolute Gasteiger partial charge is 0.480 e. The molecular formula is C5H10INO2S. The van der Waals surface area contributed by atoms with Gasteiger partial charge in [-0.1, -0.05) is 22.6 Å². The summed E-state index contributed by atoms with van der Waals surface area (Å²) in [5.41, 5.74) is 5.32. The highest BCUT2D eigenvalue weighted by molar-refractivity contribution is 14.1. The van der Waals surface area contributed by atoms with Crippen LogP contribution in [0.4, 0.5) is 0 Å². The van der Waals surface area contributed by atoms with Gasteiger partial charge < -0.3 is 10.8 Å². The van der Waals surface area contributed by atoms with Gasteiger partial charge in [0.05, 0.1) is 0 Å². The zero-order valence-electron chi connectivity index (χ0n) is 5.54. The van der Waals surface area contributed by atoms with E-state index in [0.29, 0.717) is 4.43 Å². The van der Waals surface area contributed by atoms with Crippen molar-refractivity contribution in [1.82, 2.24) is 0 Å². The molecule has 0 rings (SSSR count). The molecule has 5 heteroatoms. The molecule has 10 heavy (non-hydrogen) atoms. The lowest BCUT2D eigenvalue weighted by molar-refractivity contribution is -0.139. The normalized spacial score (nSPS) is 19.6. The molecule has 2 atom stereocenters. The molecule has 0 aliphatic heterocycles. The first-order chi connectivity index (χ1) is 4.41. The summed E-state index contributed by atoms with van der Waals surface area (Å²) < 4.78 is -0.00622. The lowest BCUT2D eigenvalue weighted by atomic mass is 10.1.